The van der Waals surface area contributed by atoms with E-state index in [1.165, 1.54) is 0 Å². The average Bonchev–Trinajstić information content (AvgIpc) is 1.85. The maximum absolute atomic E-state index is 10.5. The fourth-order valence-electron chi connectivity index (χ4n) is 0.584. The van der Waals surface area contributed by atoms with Gasteiger partial charge in [0.1, 0.15) is 5.69 Å². The molecule has 12 heavy (non-hydrogen) atoms. The maximum Gasteiger partial charge on any atom is 0.352 e. The lowest BCUT2D eigenvalue weighted by Gasteiger charge is -1.89. The van der Waals surface area contributed by atoms with Crippen molar-refractivity contribution in [1.29, 1.82) is 0 Å². The van der Waals surface area contributed by atoms with Crippen LogP contribution >= 0.6 is 0 Å². The molecule has 5 N–H and O–H groups in total. The fourth-order valence-corrected chi connectivity index (χ4v) is 0.584. The van der Waals surface area contributed by atoms with Crippen molar-refractivity contribution >= 4 is 5.97 Å². The smallest absolute Gasteiger partial charge is 0.352 e. The Bertz CT molecular complexity index is 361. The van der Waals surface area contributed by atoms with E-state index in [4.69, 9.17) is 5.11 Å². The molecule has 0 aliphatic carbocycles. The Morgan fingerprint density at radius 3 is 2.33 bits per heavy atom. The van der Waals surface area contributed by atoms with Crippen LogP contribution in [0.2, 0.25) is 0 Å². The molecular formula is C5H6N2O5. The molecule has 0 aromatic carbocycles. The largest absolute Gasteiger partial charge is 0.477 e. The first-order valence-corrected chi connectivity index (χ1v) is 2.66. The molecule has 0 radical (unpaired) electrons. The zero-order valence-electron chi connectivity index (χ0n) is 5.75. The lowest BCUT2D eigenvalue weighted by molar-refractivity contribution is 0.0689. The van der Waals surface area contributed by atoms with Crippen molar-refractivity contribution in [3.05, 3.63) is 32.6 Å². The predicted molar refractivity (Wildman–Crippen MR) is 38.3 cm³/mol. The highest BCUT2D eigenvalue weighted by atomic mass is 16.5. The first-order valence-electron chi connectivity index (χ1n) is 2.66. The minimum atomic E-state index is -1.34. The summed E-state index contributed by atoms with van der Waals surface area (Å²) < 4.78 is 0. The SMILES string of the molecule is O.O=[13C](O)[13c]1[13cH][13c](=O)[nH][13c](=O)[nH]1. The summed E-state index contributed by atoms with van der Waals surface area (Å²) in [5, 5.41) is 8.31. The molecule has 0 aliphatic heterocycles. The Balaban J connectivity index is 0.00000121. The molecule has 7 heteroatoms. The average molecular weight is 179 g/mol. The van der Waals surface area contributed by atoms with Gasteiger partial charge in [0.05, 0.1) is 0 Å². The van der Waals surface area contributed by atoms with Gasteiger partial charge in [0.15, 0.2) is 0 Å². The van der Waals surface area contributed by atoms with E-state index in [2.05, 4.69) is 0 Å². The van der Waals surface area contributed by atoms with E-state index in [0.717, 1.165) is 6.07 Å². The van der Waals surface area contributed by atoms with Crippen LogP contribution in [0.1, 0.15) is 10.5 Å². The Morgan fingerprint density at radius 1 is 1.33 bits per heavy atom. The van der Waals surface area contributed by atoms with Crippen molar-refractivity contribution in [3.8, 4) is 0 Å². The van der Waals surface area contributed by atoms with E-state index in [-0.39, 0.29) is 5.48 Å². The molecule has 66 valence electrons. The molecular weight excluding hydrogens is 173 g/mol. The van der Waals surface area contributed by atoms with Gasteiger partial charge in [-0.2, -0.15) is 0 Å². The first kappa shape index (κ1) is 10.1. The molecule has 0 spiro atoms. The van der Waals surface area contributed by atoms with Gasteiger partial charge in [0.2, 0.25) is 0 Å². The predicted octanol–water partition coefficient (Wildman–Crippen LogP) is -2.06. The van der Waals surface area contributed by atoms with E-state index in [0.29, 0.717) is 0 Å². The lowest BCUT2D eigenvalue weighted by atomic mass is 11.3. The van der Waals surface area contributed by atoms with Crippen LogP contribution < -0.4 is 11.2 Å². The van der Waals surface area contributed by atoms with Gasteiger partial charge in [-0.05, 0) is 0 Å². The number of nitrogens with one attached hydrogen (secondary N) is 2. The number of carboxylic acids is 1. The normalized spacial score (nSPS) is 8.67. The highest BCUT2D eigenvalue weighted by molar-refractivity contribution is 5.84. The van der Waals surface area contributed by atoms with Crippen molar-refractivity contribution in [3.63, 3.8) is 0 Å². The van der Waals surface area contributed by atoms with Crippen molar-refractivity contribution in [2.75, 3.05) is 0 Å². The van der Waals surface area contributed by atoms with Crippen LogP contribution in [0.3, 0.4) is 0 Å². The number of carboxylic acid groups (broad SMARTS) is 1. The molecule has 1 aromatic heterocycles. The molecule has 7 nitrogen and oxygen atoms in total. The van der Waals surface area contributed by atoms with Gasteiger partial charge >= 0.3 is 11.7 Å². The van der Waals surface area contributed by atoms with E-state index in [1.807, 2.05) is 9.97 Å². The minimum Gasteiger partial charge on any atom is -0.477 e. The quantitative estimate of drug-likeness (QED) is 0.427. The molecule has 0 fully saturated rings. The Hall–Kier alpha value is -1.89. The Labute approximate surface area is 65.0 Å². The summed E-state index contributed by atoms with van der Waals surface area (Å²) in [6.07, 6.45) is 0. The van der Waals surface area contributed by atoms with Crippen LogP contribution in [0, 0.1) is 0 Å². The summed E-state index contributed by atoms with van der Waals surface area (Å²) in [6.45, 7) is 0. The monoisotopic (exact) mass is 179 g/mol. The van der Waals surface area contributed by atoms with Crippen LogP contribution in [0.5, 0.6) is 0 Å². The summed E-state index contributed by atoms with van der Waals surface area (Å²) in [6, 6.07) is 0.795. The van der Waals surface area contributed by atoms with Crippen LogP contribution in [-0.4, -0.2) is 26.5 Å². The maximum atomic E-state index is 10.5. The van der Waals surface area contributed by atoms with E-state index in [1.54, 1.807) is 0 Å². The Kier molecular flexibility index (Phi) is 2.94. The van der Waals surface area contributed by atoms with Crippen LogP contribution in [0.15, 0.2) is 15.7 Å². The number of rotatable bonds is 1. The third-order valence-corrected chi connectivity index (χ3v) is 0.991. The number of carbonyl (C=O) groups is 1. The van der Waals surface area contributed by atoms with Crippen molar-refractivity contribution in [1.82, 2.24) is 9.97 Å². The number of aromatic amines is 2. The molecule has 0 bridgehead atoms. The molecule has 0 atom stereocenters. The van der Waals surface area contributed by atoms with Gasteiger partial charge in [-0.3, -0.25) is 9.78 Å². The van der Waals surface area contributed by atoms with Gasteiger partial charge in [0.25, 0.3) is 5.56 Å². The second-order valence-electron chi connectivity index (χ2n) is 1.81. The van der Waals surface area contributed by atoms with Crippen molar-refractivity contribution in [2.24, 2.45) is 0 Å². The van der Waals surface area contributed by atoms with Crippen LogP contribution in [-0.2, 0) is 0 Å². The molecule has 0 aliphatic rings. The highest BCUT2D eigenvalue weighted by Crippen LogP contribution is 1.81. The topological polar surface area (TPSA) is 135 Å². The third-order valence-electron chi connectivity index (χ3n) is 0.991. The summed E-state index contributed by atoms with van der Waals surface area (Å²) in [7, 11) is 0. The third kappa shape index (κ3) is 2.06. The zero-order valence-corrected chi connectivity index (χ0v) is 5.75. The molecule has 0 saturated carbocycles. The summed E-state index contributed by atoms with van der Waals surface area (Å²) in [5.74, 6) is -1.34. The van der Waals surface area contributed by atoms with Gasteiger partial charge < -0.3 is 15.6 Å². The first-order chi connectivity index (χ1) is 5.09. The fraction of sp³-hybridized carbons (Fsp3) is 0. The number of hydrogen-bond acceptors (Lipinski definition) is 3. The summed E-state index contributed by atoms with van der Waals surface area (Å²) in [5.41, 5.74) is -1.97. The molecule has 0 saturated heterocycles. The second-order valence-corrected chi connectivity index (χ2v) is 1.81. The van der Waals surface area contributed by atoms with Crippen LogP contribution in [0.25, 0.3) is 0 Å². The van der Waals surface area contributed by atoms with Crippen LogP contribution in [0.4, 0.5) is 0 Å². The van der Waals surface area contributed by atoms with Gasteiger partial charge in [-0.1, -0.05) is 0 Å². The zero-order chi connectivity index (χ0) is 8.43. The summed E-state index contributed by atoms with van der Waals surface area (Å²) >= 11 is 0. The number of aromatic carboxylic acids is 1. The Morgan fingerprint density at radius 2 is 1.92 bits per heavy atom. The number of hydrogen-bond donors (Lipinski definition) is 3. The molecule has 1 rings (SSSR count). The molecule has 1 aromatic rings. The van der Waals surface area contributed by atoms with Gasteiger partial charge in [-0.15, -0.1) is 0 Å². The molecule has 0 unspecified atom stereocenters. The van der Waals surface area contributed by atoms with Gasteiger partial charge in [-0.25, -0.2) is 9.59 Å². The second kappa shape index (κ2) is 3.49. The molecule has 0 amide bonds. The minimum absolute atomic E-state index is 0. The van der Waals surface area contributed by atoms with E-state index < -0.39 is 22.9 Å². The van der Waals surface area contributed by atoms with E-state index >= 15 is 0 Å². The van der Waals surface area contributed by atoms with E-state index in [9.17, 15) is 14.4 Å². The number of H-pyrrole nitrogens is 2. The van der Waals surface area contributed by atoms with Gasteiger partial charge in [0, 0.05) is 6.07 Å². The van der Waals surface area contributed by atoms with Crippen molar-refractivity contribution in [2.45, 2.75) is 0 Å². The number of aromatic nitrogens is 2. The standard InChI is InChI=1S/C5H4N2O4.H2O/c8-3-1-2(4(9)10)6-5(11)7-3;/h1H,(H,9,10)(H2,6,7,8,11);1H2/i1+1,2+1,3+1,4+1,5+1;. The van der Waals surface area contributed by atoms with Crippen molar-refractivity contribution < 1.29 is 15.4 Å². The highest BCUT2D eigenvalue weighted by Gasteiger charge is 2.03. The summed E-state index contributed by atoms with van der Waals surface area (Å²) in [4.78, 5) is 34.9. The lowest BCUT2D eigenvalue weighted by Crippen LogP contribution is -2.24. The molecule has 1 heterocycles.